The van der Waals surface area contributed by atoms with Crippen molar-refractivity contribution in [1.29, 1.82) is 0 Å². The number of hydrogen-bond acceptors (Lipinski definition) is 7. The maximum absolute atomic E-state index is 13.3. The number of carbonyl (C=O) groups excluding carboxylic acids is 3. The zero-order chi connectivity index (χ0) is 21.8. The monoisotopic (exact) mass is 430 g/mol. The number of carbonyl (C=O) groups is 3. The topological polar surface area (TPSA) is 112 Å². The van der Waals surface area contributed by atoms with E-state index in [1.165, 1.54) is 0 Å². The third-order valence-electron chi connectivity index (χ3n) is 5.87. The zero-order valence-electron chi connectivity index (χ0n) is 17.5. The lowest BCUT2D eigenvalue weighted by atomic mass is 9.78. The Labute approximate surface area is 180 Å². The lowest BCUT2D eigenvalue weighted by Crippen LogP contribution is -2.45. The second kappa shape index (κ2) is 8.87. The first-order chi connectivity index (χ1) is 15.0. The van der Waals surface area contributed by atoms with Gasteiger partial charge >= 0.3 is 18.0 Å². The average Bonchev–Trinajstić information content (AvgIpc) is 3.28. The van der Waals surface area contributed by atoms with Crippen LogP contribution in [0.3, 0.4) is 0 Å². The van der Waals surface area contributed by atoms with Gasteiger partial charge in [-0.25, -0.2) is 9.59 Å². The Hall–Kier alpha value is -3.23. The van der Waals surface area contributed by atoms with Crippen molar-refractivity contribution >= 4 is 18.0 Å². The number of esters is 2. The molecule has 4 rings (SSSR count). The second-order valence-corrected chi connectivity index (χ2v) is 7.71. The van der Waals surface area contributed by atoms with Gasteiger partial charge < -0.3 is 29.6 Å². The number of amides is 2. The molecule has 1 aromatic carbocycles. The van der Waals surface area contributed by atoms with E-state index in [0.29, 0.717) is 37.6 Å². The number of rotatable bonds is 6. The van der Waals surface area contributed by atoms with E-state index >= 15 is 0 Å². The van der Waals surface area contributed by atoms with Crippen molar-refractivity contribution in [2.45, 2.75) is 38.0 Å². The van der Waals surface area contributed by atoms with Gasteiger partial charge in [0.2, 0.25) is 0 Å². The highest BCUT2D eigenvalue weighted by atomic mass is 16.6. The van der Waals surface area contributed by atoms with Crippen LogP contribution in [0, 0.1) is 0 Å². The smallest absolute Gasteiger partial charge is 0.337 e. The van der Waals surface area contributed by atoms with Crippen LogP contribution in [0.5, 0.6) is 11.5 Å². The Morgan fingerprint density at radius 3 is 2.58 bits per heavy atom. The van der Waals surface area contributed by atoms with Gasteiger partial charge in [0.15, 0.2) is 11.5 Å². The molecule has 1 aliphatic carbocycles. The van der Waals surface area contributed by atoms with Crippen molar-refractivity contribution in [3.8, 4) is 11.5 Å². The van der Waals surface area contributed by atoms with Gasteiger partial charge in [0.1, 0.15) is 19.8 Å². The molecule has 0 atom stereocenters. The Bertz CT molecular complexity index is 918. The summed E-state index contributed by atoms with van der Waals surface area (Å²) in [5, 5.41) is 5.09. The molecule has 2 aliphatic heterocycles. The van der Waals surface area contributed by atoms with Gasteiger partial charge in [-0.05, 0) is 37.5 Å². The first kappa shape index (κ1) is 21.0. The molecule has 2 heterocycles. The molecule has 0 aromatic heterocycles. The van der Waals surface area contributed by atoms with Crippen LogP contribution in [-0.2, 0) is 24.5 Å². The minimum absolute atomic E-state index is 0.0187. The van der Waals surface area contributed by atoms with Gasteiger partial charge in [-0.3, -0.25) is 4.79 Å². The minimum atomic E-state index is -0.794. The Balaban J connectivity index is 1.55. The summed E-state index contributed by atoms with van der Waals surface area (Å²) in [5.41, 5.74) is 0.519. The zero-order valence-corrected chi connectivity index (χ0v) is 17.5. The van der Waals surface area contributed by atoms with Gasteiger partial charge in [-0.2, -0.15) is 0 Å². The summed E-state index contributed by atoms with van der Waals surface area (Å²) in [7, 11) is 0. The summed E-state index contributed by atoms with van der Waals surface area (Å²) in [5.74, 6) is 0.354. The molecular weight excluding hydrogens is 404 g/mol. The first-order valence-corrected chi connectivity index (χ1v) is 10.5. The van der Waals surface area contributed by atoms with Crippen molar-refractivity contribution in [2.75, 3.05) is 33.0 Å². The fourth-order valence-corrected chi connectivity index (χ4v) is 4.27. The average molecular weight is 430 g/mol. The van der Waals surface area contributed by atoms with Gasteiger partial charge in [0, 0.05) is 0 Å². The van der Waals surface area contributed by atoms with E-state index in [4.69, 9.17) is 18.9 Å². The number of urea groups is 1. The molecule has 31 heavy (non-hydrogen) atoms. The number of fused-ring (bicyclic) bond motifs is 1. The first-order valence-electron chi connectivity index (χ1n) is 10.5. The normalized spacial score (nSPS) is 19.3. The SMILES string of the molecule is CCOC(=O)C1=C(COC(=O)C2(c3ccc4c(c3)OCCO4)CCCC2)NC(=O)NC1. The summed E-state index contributed by atoms with van der Waals surface area (Å²) >= 11 is 0. The molecule has 0 saturated heterocycles. The van der Waals surface area contributed by atoms with Crippen molar-refractivity contribution in [1.82, 2.24) is 10.6 Å². The fraction of sp³-hybridized carbons (Fsp3) is 0.500. The summed E-state index contributed by atoms with van der Waals surface area (Å²) in [6.45, 7) is 2.67. The molecule has 9 nitrogen and oxygen atoms in total. The van der Waals surface area contributed by atoms with E-state index in [0.717, 1.165) is 18.4 Å². The molecule has 0 radical (unpaired) electrons. The molecule has 0 unspecified atom stereocenters. The summed E-state index contributed by atoms with van der Waals surface area (Å²) in [4.78, 5) is 37.2. The van der Waals surface area contributed by atoms with E-state index in [2.05, 4.69) is 10.6 Å². The molecule has 0 spiro atoms. The molecule has 0 bridgehead atoms. The van der Waals surface area contributed by atoms with Crippen LogP contribution >= 0.6 is 0 Å². The van der Waals surface area contributed by atoms with Gasteiger partial charge in [-0.15, -0.1) is 0 Å². The third kappa shape index (κ3) is 4.17. The maximum Gasteiger partial charge on any atom is 0.337 e. The van der Waals surface area contributed by atoms with Crippen molar-refractivity contribution in [3.05, 3.63) is 35.0 Å². The summed E-state index contributed by atoms with van der Waals surface area (Å²) < 4.78 is 22.0. The van der Waals surface area contributed by atoms with Crippen LogP contribution in [0.4, 0.5) is 4.79 Å². The molecule has 2 N–H and O–H groups in total. The molecule has 2 amide bonds. The van der Waals surface area contributed by atoms with Crippen LogP contribution in [0.25, 0.3) is 0 Å². The lowest BCUT2D eigenvalue weighted by molar-refractivity contribution is -0.150. The number of ether oxygens (including phenoxy) is 4. The molecule has 166 valence electrons. The summed E-state index contributed by atoms with van der Waals surface area (Å²) in [6.07, 6.45) is 3.12. The fourth-order valence-electron chi connectivity index (χ4n) is 4.27. The third-order valence-corrected chi connectivity index (χ3v) is 5.87. The highest BCUT2D eigenvalue weighted by Gasteiger charge is 2.45. The largest absolute Gasteiger partial charge is 0.486 e. The van der Waals surface area contributed by atoms with Crippen molar-refractivity contribution < 1.29 is 33.3 Å². The predicted molar refractivity (Wildman–Crippen MR) is 109 cm³/mol. The van der Waals surface area contributed by atoms with E-state index < -0.39 is 17.4 Å². The Kier molecular flexibility index (Phi) is 6.01. The van der Waals surface area contributed by atoms with E-state index in [9.17, 15) is 14.4 Å². The number of hydrogen-bond donors (Lipinski definition) is 2. The van der Waals surface area contributed by atoms with Crippen LogP contribution in [0.2, 0.25) is 0 Å². The molecular formula is C22H26N2O7. The van der Waals surface area contributed by atoms with E-state index in [1.54, 1.807) is 6.92 Å². The molecule has 1 saturated carbocycles. The van der Waals surface area contributed by atoms with Crippen molar-refractivity contribution in [3.63, 3.8) is 0 Å². The van der Waals surface area contributed by atoms with Crippen LogP contribution in [-0.4, -0.2) is 50.9 Å². The number of benzene rings is 1. The Morgan fingerprint density at radius 1 is 1.10 bits per heavy atom. The van der Waals surface area contributed by atoms with Crippen molar-refractivity contribution in [2.24, 2.45) is 0 Å². The van der Waals surface area contributed by atoms with Crippen LogP contribution in [0.1, 0.15) is 38.2 Å². The van der Waals surface area contributed by atoms with E-state index in [1.807, 2.05) is 18.2 Å². The summed E-state index contributed by atoms with van der Waals surface area (Å²) in [6, 6.07) is 5.11. The van der Waals surface area contributed by atoms with Crippen LogP contribution < -0.4 is 20.1 Å². The van der Waals surface area contributed by atoms with E-state index in [-0.39, 0.29) is 37.0 Å². The predicted octanol–water partition coefficient (Wildman–Crippen LogP) is 1.94. The van der Waals surface area contributed by atoms with Crippen LogP contribution in [0.15, 0.2) is 29.5 Å². The molecule has 9 heteroatoms. The Morgan fingerprint density at radius 2 is 1.84 bits per heavy atom. The number of nitrogens with one attached hydrogen (secondary N) is 2. The second-order valence-electron chi connectivity index (χ2n) is 7.71. The van der Waals surface area contributed by atoms with Gasteiger partial charge in [0.25, 0.3) is 0 Å². The minimum Gasteiger partial charge on any atom is -0.486 e. The molecule has 1 aromatic rings. The highest BCUT2D eigenvalue weighted by molar-refractivity contribution is 5.94. The molecule has 1 fully saturated rings. The maximum atomic E-state index is 13.3. The molecule has 3 aliphatic rings. The quantitative estimate of drug-likeness (QED) is 0.664. The lowest BCUT2D eigenvalue weighted by Gasteiger charge is -2.29. The van der Waals surface area contributed by atoms with Gasteiger partial charge in [-0.1, -0.05) is 18.9 Å². The van der Waals surface area contributed by atoms with Gasteiger partial charge in [0.05, 0.1) is 29.8 Å². The highest BCUT2D eigenvalue weighted by Crippen LogP contribution is 2.45. The standard InChI is InChI=1S/C22H26N2O7/c1-2-28-19(25)15-12-23-21(27)24-16(15)13-31-20(26)22(7-3-4-8-22)14-5-6-17-18(11-14)30-10-9-29-17/h5-6,11H,2-4,7-10,12-13H2,1H3,(H2,23,24,27).